The summed E-state index contributed by atoms with van der Waals surface area (Å²) in [5.74, 6) is 0.679. The van der Waals surface area contributed by atoms with Crippen LogP contribution >= 0.6 is 0 Å². The molecule has 0 unspecified atom stereocenters. The van der Waals surface area contributed by atoms with Crippen LogP contribution in [0.1, 0.15) is 45.9 Å². The molecule has 1 N–H and O–H groups in total. The highest BCUT2D eigenvalue weighted by Crippen LogP contribution is 2.30. The van der Waals surface area contributed by atoms with Gasteiger partial charge in [0.1, 0.15) is 23.9 Å². The van der Waals surface area contributed by atoms with Gasteiger partial charge in [0.15, 0.2) is 5.82 Å². The molecule has 4 heterocycles. The summed E-state index contributed by atoms with van der Waals surface area (Å²) in [6, 6.07) is 7.91. The van der Waals surface area contributed by atoms with Gasteiger partial charge in [-0.1, -0.05) is 12.1 Å². The minimum absolute atomic E-state index is 0.200. The second-order valence-corrected chi connectivity index (χ2v) is 11.4. The van der Waals surface area contributed by atoms with Gasteiger partial charge in [-0.2, -0.15) is 9.97 Å². The van der Waals surface area contributed by atoms with Gasteiger partial charge >= 0.3 is 6.09 Å². The lowest BCUT2D eigenvalue weighted by atomic mass is 9.97. The van der Waals surface area contributed by atoms with E-state index in [0.717, 1.165) is 12.8 Å². The van der Waals surface area contributed by atoms with Gasteiger partial charge in [-0.05, 0) is 51.7 Å². The average molecular weight is 576 g/mol. The molecular formula is C28H36F3N7O3. The molecule has 222 valence electrons. The first-order valence-electron chi connectivity index (χ1n) is 13.9. The summed E-state index contributed by atoms with van der Waals surface area (Å²) in [6.07, 6.45) is -1.64. The molecular weight excluding hydrogens is 539 g/mol. The number of likely N-dealkylation sites (tertiary alicyclic amines) is 1. The van der Waals surface area contributed by atoms with E-state index in [-0.39, 0.29) is 30.4 Å². The molecule has 3 aromatic rings. The third-order valence-corrected chi connectivity index (χ3v) is 7.23. The Morgan fingerprint density at radius 3 is 2.56 bits per heavy atom. The molecule has 0 aliphatic carbocycles. The van der Waals surface area contributed by atoms with E-state index in [4.69, 9.17) is 9.47 Å². The van der Waals surface area contributed by atoms with Crippen LogP contribution < -0.4 is 10.2 Å². The molecule has 5 rings (SSSR count). The van der Waals surface area contributed by atoms with Crippen molar-refractivity contribution in [3.63, 3.8) is 0 Å². The molecule has 0 saturated carbocycles. The third kappa shape index (κ3) is 6.66. The predicted octanol–water partition coefficient (Wildman–Crippen LogP) is 4.99. The number of carbonyl (C=O) groups excluding carboxylic acids is 1. The fourth-order valence-electron chi connectivity index (χ4n) is 5.16. The average Bonchev–Trinajstić information content (AvgIpc) is 3.35. The Balaban J connectivity index is 1.40. The number of piperidine rings is 1. The topological polar surface area (TPSA) is 97.6 Å². The second kappa shape index (κ2) is 12.1. The third-order valence-electron chi connectivity index (χ3n) is 7.23. The number of benzene rings is 1. The fourth-order valence-corrected chi connectivity index (χ4v) is 5.16. The van der Waals surface area contributed by atoms with Crippen molar-refractivity contribution in [2.45, 2.75) is 51.7 Å². The molecule has 13 heteroatoms. The number of carbonyl (C=O) groups is 1. The number of nitrogens with zero attached hydrogens (tertiary/aromatic N) is 6. The Morgan fingerprint density at radius 1 is 1.12 bits per heavy atom. The number of rotatable bonds is 7. The maximum absolute atomic E-state index is 14.1. The summed E-state index contributed by atoms with van der Waals surface area (Å²) >= 11 is 0. The summed E-state index contributed by atoms with van der Waals surface area (Å²) in [7, 11) is 0. The largest absolute Gasteiger partial charge is 0.444 e. The van der Waals surface area contributed by atoms with Crippen molar-refractivity contribution in [2.75, 3.05) is 56.3 Å². The van der Waals surface area contributed by atoms with Gasteiger partial charge in [0.05, 0.1) is 30.3 Å². The Morgan fingerprint density at radius 2 is 1.85 bits per heavy atom. The number of ether oxygens (including phenoxy) is 2. The summed E-state index contributed by atoms with van der Waals surface area (Å²) in [5.41, 5.74) is 0.348. The first-order valence-corrected chi connectivity index (χ1v) is 13.9. The first-order chi connectivity index (χ1) is 19.6. The van der Waals surface area contributed by atoms with Gasteiger partial charge in [-0.15, -0.1) is 0 Å². The molecule has 41 heavy (non-hydrogen) atoms. The van der Waals surface area contributed by atoms with E-state index < -0.39 is 30.6 Å². The Bertz CT molecular complexity index is 1360. The second-order valence-electron chi connectivity index (χ2n) is 11.4. The Labute approximate surface area is 236 Å². The first kappa shape index (κ1) is 28.9. The number of imidazole rings is 1. The van der Waals surface area contributed by atoms with Crippen LogP contribution in [0.15, 0.2) is 30.3 Å². The van der Waals surface area contributed by atoms with E-state index in [0.29, 0.717) is 49.6 Å². The van der Waals surface area contributed by atoms with E-state index in [2.05, 4.69) is 20.3 Å². The SMILES string of the molecule is CC(C)(C)OC(=O)N1CCC(CNc2nc(N3CCOC[C@@H]3CF)cc(-n3c(C(F)F)nc4ccccc43)n2)CC1. The smallest absolute Gasteiger partial charge is 0.410 e. The van der Waals surface area contributed by atoms with Gasteiger partial charge in [0.25, 0.3) is 6.43 Å². The maximum atomic E-state index is 14.1. The number of anilines is 2. The van der Waals surface area contributed by atoms with Crippen molar-refractivity contribution in [2.24, 2.45) is 5.92 Å². The number of alkyl halides is 3. The summed E-state index contributed by atoms with van der Waals surface area (Å²) < 4.78 is 54.5. The van der Waals surface area contributed by atoms with Gasteiger partial charge in [-0.3, -0.25) is 4.57 Å². The van der Waals surface area contributed by atoms with E-state index >= 15 is 0 Å². The highest BCUT2D eigenvalue weighted by Gasteiger charge is 2.29. The molecule has 2 fully saturated rings. The minimum Gasteiger partial charge on any atom is -0.444 e. The monoisotopic (exact) mass is 575 g/mol. The summed E-state index contributed by atoms with van der Waals surface area (Å²) in [4.78, 5) is 29.4. The molecule has 2 saturated heterocycles. The number of morpholine rings is 1. The van der Waals surface area contributed by atoms with Crippen molar-refractivity contribution in [3.8, 4) is 5.82 Å². The van der Waals surface area contributed by atoms with Crippen molar-refractivity contribution in [3.05, 3.63) is 36.2 Å². The van der Waals surface area contributed by atoms with Crippen molar-refractivity contribution >= 4 is 28.9 Å². The van der Waals surface area contributed by atoms with Crippen LogP contribution in [0.5, 0.6) is 0 Å². The number of hydrogen-bond donors (Lipinski definition) is 1. The van der Waals surface area contributed by atoms with E-state index in [1.54, 1.807) is 40.1 Å². The lowest BCUT2D eigenvalue weighted by Crippen LogP contribution is -2.47. The van der Waals surface area contributed by atoms with Crippen molar-refractivity contribution in [1.29, 1.82) is 0 Å². The lowest BCUT2D eigenvalue weighted by molar-refractivity contribution is 0.0188. The lowest BCUT2D eigenvalue weighted by Gasteiger charge is -2.35. The molecule has 2 aromatic heterocycles. The zero-order chi connectivity index (χ0) is 29.1. The van der Waals surface area contributed by atoms with Gasteiger partial charge in [0, 0.05) is 32.2 Å². The van der Waals surface area contributed by atoms with Gasteiger partial charge in [0.2, 0.25) is 5.95 Å². The van der Waals surface area contributed by atoms with Crippen LogP contribution in [0.3, 0.4) is 0 Å². The van der Waals surface area contributed by atoms with E-state index in [1.165, 1.54) is 4.57 Å². The Hall–Kier alpha value is -3.61. The van der Waals surface area contributed by atoms with Crippen LogP contribution in [-0.4, -0.2) is 88.2 Å². The van der Waals surface area contributed by atoms with Crippen molar-refractivity contribution in [1.82, 2.24) is 24.4 Å². The molecule has 0 bridgehead atoms. The number of hydrogen-bond acceptors (Lipinski definition) is 8. The number of nitrogens with one attached hydrogen (secondary N) is 1. The molecule has 10 nitrogen and oxygen atoms in total. The summed E-state index contributed by atoms with van der Waals surface area (Å²) in [6.45, 7) is 7.53. The molecule has 2 aliphatic heterocycles. The van der Waals surface area contributed by atoms with Gasteiger partial charge < -0.3 is 24.6 Å². The van der Waals surface area contributed by atoms with E-state index in [1.807, 2.05) is 20.8 Å². The van der Waals surface area contributed by atoms with Crippen LogP contribution in [0, 0.1) is 5.92 Å². The molecule has 1 atom stereocenters. The molecule has 2 aliphatic rings. The Kier molecular flexibility index (Phi) is 8.52. The zero-order valence-corrected chi connectivity index (χ0v) is 23.5. The highest BCUT2D eigenvalue weighted by molar-refractivity contribution is 5.78. The molecule has 0 spiro atoms. The van der Waals surface area contributed by atoms with Crippen LogP contribution in [0.2, 0.25) is 0 Å². The molecule has 1 aromatic carbocycles. The number of para-hydroxylation sites is 2. The summed E-state index contributed by atoms with van der Waals surface area (Å²) in [5, 5.41) is 3.28. The zero-order valence-electron chi connectivity index (χ0n) is 23.5. The van der Waals surface area contributed by atoms with Crippen LogP contribution in [-0.2, 0) is 9.47 Å². The number of aromatic nitrogens is 4. The van der Waals surface area contributed by atoms with Crippen LogP contribution in [0.4, 0.5) is 29.7 Å². The normalized spacial score (nSPS) is 18.8. The van der Waals surface area contributed by atoms with Gasteiger partial charge in [-0.25, -0.2) is 22.9 Å². The fraction of sp³-hybridized carbons (Fsp3) is 0.571. The number of halogens is 3. The van der Waals surface area contributed by atoms with Crippen LogP contribution in [0.25, 0.3) is 16.9 Å². The highest BCUT2D eigenvalue weighted by atomic mass is 19.3. The predicted molar refractivity (Wildman–Crippen MR) is 149 cm³/mol. The maximum Gasteiger partial charge on any atom is 0.410 e. The van der Waals surface area contributed by atoms with E-state index in [9.17, 15) is 18.0 Å². The minimum atomic E-state index is -2.84. The quantitative estimate of drug-likeness (QED) is 0.421. The number of amides is 1. The molecule has 0 radical (unpaired) electrons. The standard InChI is InChI=1S/C28H36F3N7O3/c1-28(2,3)41-27(39)36-10-8-18(9-11-36)16-32-26-34-22(37-12-13-40-17-19(37)15-29)14-23(35-26)38-21-7-5-4-6-20(21)33-25(38)24(30)31/h4-7,14,18-19,24H,8-13,15-17H2,1-3H3,(H,32,34,35)/t19-/m0/s1. The number of fused-ring (bicyclic) bond motifs is 1. The molecule has 1 amide bonds. The van der Waals surface area contributed by atoms with Crippen molar-refractivity contribution < 1.29 is 27.4 Å².